The van der Waals surface area contributed by atoms with Gasteiger partial charge >= 0.3 is 0 Å². The van der Waals surface area contributed by atoms with Gasteiger partial charge in [0.2, 0.25) is 0 Å². The molecule has 1 heterocycles. The standard InChI is InChI=1S/C21H21N3O3S/c1-14-7-8-15(2)19(13-14)28(26,27)24-18-11-9-17(10-12-18)21(25)23-20-6-4-5-16(3)22-20/h4-13,24H,1-3H3,(H,22,23,25). The summed E-state index contributed by atoms with van der Waals surface area (Å²) < 4.78 is 27.9. The third-order valence-corrected chi connectivity index (χ3v) is 5.69. The molecule has 0 bridgehead atoms. The Morgan fingerprint density at radius 1 is 0.929 bits per heavy atom. The summed E-state index contributed by atoms with van der Waals surface area (Å²) in [6, 6.07) is 16.9. The van der Waals surface area contributed by atoms with Crippen LogP contribution >= 0.6 is 0 Å². The molecular formula is C21H21N3O3S. The van der Waals surface area contributed by atoms with Crippen molar-refractivity contribution in [2.45, 2.75) is 25.7 Å². The van der Waals surface area contributed by atoms with Crippen molar-refractivity contribution in [1.82, 2.24) is 4.98 Å². The van der Waals surface area contributed by atoms with E-state index < -0.39 is 10.0 Å². The Kier molecular flexibility index (Phi) is 5.46. The zero-order valence-corrected chi connectivity index (χ0v) is 16.7. The van der Waals surface area contributed by atoms with E-state index in [0.29, 0.717) is 22.6 Å². The lowest BCUT2D eigenvalue weighted by atomic mass is 10.2. The molecule has 2 aromatic carbocycles. The molecule has 3 rings (SSSR count). The van der Waals surface area contributed by atoms with E-state index >= 15 is 0 Å². The smallest absolute Gasteiger partial charge is 0.262 e. The van der Waals surface area contributed by atoms with Gasteiger partial charge in [-0.1, -0.05) is 18.2 Å². The number of nitrogens with one attached hydrogen (secondary N) is 2. The minimum atomic E-state index is -3.71. The van der Waals surface area contributed by atoms with Crippen molar-refractivity contribution < 1.29 is 13.2 Å². The second kappa shape index (κ2) is 7.82. The normalized spacial score (nSPS) is 11.1. The van der Waals surface area contributed by atoms with Gasteiger partial charge in [-0.05, 0) is 74.4 Å². The number of aromatic nitrogens is 1. The largest absolute Gasteiger partial charge is 0.307 e. The van der Waals surface area contributed by atoms with Crippen molar-refractivity contribution in [1.29, 1.82) is 0 Å². The fraction of sp³-hybridized carbons (Fsp3) is 0.143. The third-order valence-electron chi connectivity index (χ3n) is 4.16. The number of aryl methyl sites for hydroxylation is 3. The topological polar surface area (TPSA) is 88.2 Å². The van der Waals surface area contributed by atoms with Crippen molar-refractivity contribution in [2.75, 3.05) is 10.0 Å². The number of anilines is 2. The Balaban J connectivity index is 1.75. The highest BCUT2D eigenvalue weighted by Crippen LogP contribution is 2.21. The molecule has 0 unspecified atom stereocenters. The van der Waals surface area contributed by atoms with Crippen LogP contribution in [0.4, 0.5) is 11.5 Å². The first-order valence-corrected chi connectivity index (χ1v) is 10.2. The molecule has 7 heteroatoms. The van der Waals surface area contributed by atoms with Crippen LogP contribution in [0, 0.1) is 20.8 Å². The molecule has 1 aromatic heterocycles. The Morgan fingerprint density at radius 3 is 2.32 bits per heavy atom. The monoisotopic (exact) mass is 395 g/mol. The highest BCUT2D eigenvalue weighted by atomic mass is 32.2. The Bertz CT molecular complexity index is 1120. The van der Waals surface area contributed by atoms with E-state index in [9.17, 15) is 13.2 Å². The lowest BCUT2D eigenvalue weighted by molar-refractivity contribution is 0.102. The van der Waals surface area contributed by atoms with Gasteiger partial charge in [0.1, 0.15) is 5.82 Å². The van der Waals surface area contributed by atoms with Gasteiger partial charge in [-0.15, -0.1) is 0 Å². The van der Waals surface area contributed by atoms with Crippen molar-refractivity contribution in [3.63, 3.8) is 0 Å². The molecule has 1 amide bonds. The van der Waals surface area contributed by atoms with E-state index in [-0.39, 0.29) is 10.8 Å². The second-order valence-electron chi connectivity index (χ2n) is 6.57. The number of carbonyl (C=O) groups excluding carboxylic acids is 1. The average molecular weight is 395 g/mol. The Labute approximate surface area is 164 Å². The highest BCUT2D eigenvalue weighted by molar-refractivity contribution is 7.92. The fourth-order valence-electron chi connectivity index (χ4n) is 2.70. The van der Waals surface area contributed by atoms with Crippen LogP contribution in [0.25, 0.3) is 0 Å². The summed E-state index contributed by atoms with van der Waals surface area (Å²) in [5.74, 6) is 0.145. The number of amides is 1. The van der Waals surface area contributed by atoms with Gasteiger partial charge < -0.3 is 5.32 Å². The summed E-state index contributed by atoms with van der Waals surface area (Å²) >= 11 is 0. The molecule has 0 spiro atoms. The van der Waals surface area contributed by atoms with Crippen LogP contribution in [0.1, 0.15) is 27.2 Å². The lowest BCUT2D eigenvalue weighted by Gasteiger charge is -2.12. The lowest BCUT2D eigenvalue weighted by Crippen LogP contribution is -2.15. The van der Waals surface area contributed by atoms with Crippen molar-refractivity contribution in [3.8, 4) is 0 Å². The molecule has 0 atom stereocenters. The van der Waals surface area contributed by atoms with Crippen LogP contribution in [0.2, 0.25) is 0 Å². The summed E-state index contributed by atoms with van der Waals surface area (Å²) in [6.07, 6.45) is 0. The van der Waals surface area contributed by atoms with Gasteiger partial charge in [-0.3, -0.25) is 9.52 Å². The second-order valence-corrected chi connectivity index (χ2v) is 8.22. The number of nitrogens with zero attached hydrogens (tertiary/aromatic N) is 1. The highest BCUT2D eigenvalue weighted by Gasteiger charge is 2.17. The number of pyridine rings is 1. The summed E-state index contributed by atoms with van der Waals surface area (Å²) in [5, 5.41) is 2.72. The predicted octanol–water partition coefficient (Wildman–Crippen LogP) is 4.06. The maximum atomic E-state index is 12.7. The van der Waals surface area contributed by atoms with Crippen LogP contribution in [0.15, 0.2) is 65.6 Å². The zero-order chi connectivity index (χ0) is 20.3. The molecule has 0 aliphatic rings. The van der Waals surface area contributed by atoms with Crippen molar-refractivity contribution >= 4 is 27.4 Å². The zero-order valence-electron chi connectivity index (χ0n) is 15.9. The predicted molar refractivity (Wildman–Crippen MR) is 110 cm³/mol. The molecule has 6 nitrogen and oxygen atoms in total. The van der Waals surface area contributed by atoms with Gasteiger partial charge in [0.15, 0.2) is 0 Å². The summed E-state index contributed by atoms with van der Waals surface area (Å²) in [7, 11) is -3.71. The molecule has 0 fully saturated rings. The Hall–Kier alpha value is -3.19. The molecule has 28 heavy (non-hydrogen) atoms. The third kappa shape index (κ3) is 4.55. The molecule has 3 aromatic rings. The van der Waals surface area contributed by atoms with Crippen LogP contribution in [0.5, 0.6) is 0 Å². The van der Waals surface area contributed by atoms with E-state index in [1.54, 1.807) is 49.4 Å². The number of hydrogen-bond donors (Lipinski definition) is 2. The number of sulfonamides is 1. The minimum absolute atomic E-state index is 0.236. The quantitative estimate of drug-likeness (QED) is 0.682. The van der Waals surface area contributed by atoms with Gasteiger partial charge in [-0.25, -0.2) is 13.4 Å². The summed E-state index contributed by atoms with van der Waals surface area (Å²) in [6.45, 7) is 5.43. The van der Waals surface area contributed by atoms with Crippen LogP contribution in [0.3, 0.4) is 0 Å². The van der Waals surface area contributed by atoms with Gasteiger partial charge in [-0.2, -0.15) is 0 Å². The molecular weight excluding hydrogens is 374 g/mol. The van der Waals surface area contributed by atoms with Crippen LogP contribution in [-0.4, -0.2) is 19.3 Å². The minimum Gasteiger partial charge on any atom is -0.307 e. The van der Waals surface area contributed by atoms with E-state index in [0.717, 1.165) is 11.3 Å². The first-order chi connectivity index (χ1) is 13.2. The molecule has 144 valence electrons. The van der Waals surface area contributed by atoms with Crippen LogP contribution < -0.4 is 10.0 Å². The van der Waals surface area contributed by atoms with Gasteiger partial charge in [0, 0.05) is 16.9 Å². The molecule has 0 aliphatic heterocycles. The number of hydrogen-bond acceptors (Lipinski definition) is 4. The molecule has 0 aliphatic carbocycles. The number of carbonyl (C=O) groups is 1. The first kappa shape index (κ1) is 19.6. The fourth-order valence-corrected chi connectivity index (χ4v) is 4.09. The van der Waals surface area contributed by atoms with Crippen molar-refractivity contribution in [2.24, 2.45) is 0 Å². The van der Waals surface area contributed by atoms with Gasteiger partial charge in [0.25, 0.3) is 15.9 Å². The van der Waals surface area contributed by atoms with E-state index in [4.69, 9.17) is 0 Å². The Morgan fingerprint density at radius 2 is 1.64 bits per heavy atom. The maximum Gasteiger partial charge on any atom is 0.262 e. The molecule has 0 saturated carbocycles. The summed E-state index contributed by atoms with van der Waals surface area (Å²) in [4.78, 5) is 16.8. The molecule has 2 N–H and O–H groups in total. The van der Waals surface area contributed by atoms with Gasteiger partial charge in [0.05, 0.1) is 4.90 Å². The number of benzene rings is 2. The average Bonchev–Trinajstić information content (AvgIpc) is 2.64. The SMILES string of the molecule is Cc1ccc(C)c(S(=O)(=O)Nc2ccc(C(=O)Nc3cccc(C)n3)cc2)c1. The maximum absolute atomic E-state index is 12.7. The first-order valence-electron chi connectivity index (χ1n) is 8.70. The van der Waals surface area contributed by atoms with Crippen molar-refractivity contribution in [3.05, 3.63) is 83.0 Å². The number of rotatable bonds is 5. The summed E-state index contributed by atoms with van der Waals surface area (Å²) in [5.41, 5.74) is 3.11. The molecule has 0 saturated heterocycles. The van der Waals surface area contributed by atoms with E-state index in [1.807, 2.05) is 32.0 Å². The molecule has 0 radical (unpaired) electrons. The van der Waals surface area contributed by atoms with E-state index in [2.05, 4.69) is 15.0 Å². The van der Waals surface area contributed by atoms with E-state index in [1.165, 1.54) is 0 Å². The van der Waals surface area contributed by atoms with Crippen LogP contribution in [-0.2, 0) is 10.0 Å².